The number of nitrogens with zero attached hydrogens (tertiary/aromatic N) is 4. The molecule has 2 aromatic heterocycles. The largest absolute Gasteiger partial charge is 0.508 e. The Balaban J connectivity index is 1.59. The molecule has 0 saturated carbocycles. The molecule has 1 N–H and O–H groups in total. The van der Waals surface area contributed by atoms with Gasteiger partial charge in [-0.15, -0.1) is 0 Å². The van der Waals surface area contributed by atoms with Crippen molar-refractivity contribution in [2.45, 2.75) is 0 Å². The van der Waals surface area contributed by atoms with Gasteiger partial charge in [-0.1, -0.05) is 0 Å². The van der Waals surface area contributed by atoms with E-state index in [1.54, 1.807) is 24.5 Å². The zero-order chi connectivity index (χ0) is 18.4. The van der Waals surface area contributed by atoms with Gasteiger partial charge in [0.25, 0.3) is 0 Å². The topological polar surface area (TPSA) is 72.1 Å². The van der Waals surface area contributed by atoms with Crippen LogP contribution in [0, 0.1) is 0 Å². The van der Waals surface area contributed by atoms with Crippen molar-refractivity contribution < 1.29 is 14.6 Å². The van der Waals surface area contributed by atoms with Crippen molar-refractivity contribution in [3.63, 3.8) is 0 Å². The van der Waals surface area contributed by atoms with Gasteiger partial charge in [0.2, 0.25) is 6.79 Å². The van der Waals surface area contributed by atoms with E-state index >= 15 is 0 Å². The highest BCUT2D eigenvalue weighted by Crippen LogP contribution is 2.37. The van der Waals surface area contributed by atoms with Crippen molar-refractivity contribution in [3.05, 3.63) is 61.1 Å². The monoisotopic (exact) mass is 360 g/mol. The van der Waals surface area contributed by atoms with Crippen LogP contribution in [0.5, 0.6) is 17.2 Å². The first-order valence-electron chi connectivity index (χ1n) is 8.45. The van der Waals surface area contributed by atoms with E-state index in [9.17, 15) is 5.11 Å². The predicted molar refractivity (Wildman–Crippen MR) is 101 cm³/mol. The van der Waals surface area contributed by atoms with Crippen LogP contribution in [0.15, 0.2) is 61.1 Å². The van der Waals surface area contributed by atoms with Gasteiger partial charge in [0.1, 0.15) is 5.75 Å². The van der Waals surface area contributed by atoms with Crippen LogP contribution >= 0.6 is 0 Å². The zero-order valence-electron chi connectivity index (χ0n) is 14.5. The highest BCUT2D eigenvalue weighted by molar-refractivity contribution is 5.76. The van der Waals surface area contributed by atoms with Crippen LogP contribution in [0.3, 0.4) is 0 Å². The Bertz CT molecular complexity index is 1140. The molecule has 0 spiro atoms. The summed E-state index contributed by atoms with van der Waals surface area (Å²) in [7, 11) is 1.94. The van der Waals surface area contributed by atoms with Crippen LogP contribution in [0.2, 0.25) is 0 Å². The van der Waals surface area contributed by atoms with E-state index in [1.165, 1.54) is 0 Å². The molecule has 1 aliphatic heterocycles. The highest BCUT2D eigenvalue weighted by atomic mass is 16.7. The summed E-state index contributed by atoms with van der Waals surface area (Å²) in [4.78, 5) is 11.1. The molecule has 3 heterocycles. The number of rotatable bonds is 3. The molecule has 1 aliphatic rings. The number of fused-ring (bicyclic) bond motifs is 2. The van der Waals surface area contributed by atoms with E-state index in [4.69, 9.17) is 9.47 Å². The quantitative estimate of drug-likeness (QED) is 0.602. The van der Waals surface area contributed by atoms with Crippen molar-refractivity contribution in [1.82, 2.24) is 14.4 Å². The van der Waals surface area contributed by atoms with Crippen LogP contribution in [-0.4, -0.2) is 33.3 Å². The number of phenolic OH excluding ortho intramolecular Hbond substituents is 1. The molecule has 0 atom stereocenters. The van der Waals surface area contributed by atoms with Gasteiger partial charge in [-0.05, 0) is 36.4 Å². The molecule has 7 nitrogen and oxygen atoms in total. The maximum atomic E-state index is 9.52. The molecule has 0 unspecified atom stereocenters. The van der Waals surface area contributed by atoms with Gasteiger partial charge in [0.05, 0.1) is 11.9 Å². The van der Waals surface area contributed by atoms with Gasteiger partial charge >= 0.3 is 0 Å². The minimum absolute atomic E-state index is 0.234. The number of hydrogen-bond acceptors (Lipinski definition) is 6. The third-order valence-electron chi connectivity index (χ3n) is 4.63. The third kappa shape index (κ3) is 2.52. The van der Waals surface area contributed by atoms with Crippen LogP contribution in [0.1, 0.15) is 0 Å². The average Bonchev–Trinajstić information content (AvgIpc) is 3.34. The summed E-state index contributed by atoms with van der Waals surface area (Å²) < 4.78 is 12.8. The Morgan fingerprint density at radius 1 is 1.04 bits per heavy atom. The fourth-order valence-electron chi connectivity index (χ4n) is 3.20. The minimum atomic E-state index is 0.234. The van der Waals surface area contributed by atoms with Gasteiger partial charge in [-0.25, -0.2) is 9.97 Å². The Morgan fingerprint density at radius 2 is 1.85 bits per heavy atom. The molecule has 0 bridgehead atoms. The summed E-state index contributed by atoms with van der Waals surface area (Å²) in [6.07, 6.45) is 5.43. The van der Waals surface area contributed by atoms with Crippen LogP contribution in [-0.2, 0) is 0 Å². The Labute approximate surface area is 155 Å². The SMILES string of the molecule is CN(c1ccc2c(c1)OCO2)c1nccn2c(-c3ccc(O)cc3)cnc12. The van der Waals surface area contributed by atoms with E-state index in [0.29, 0.717) is 0 Å². The van der Waals surface area contributed by atoms with E-state index < -0.39 is 0 Å². The maximum Gasteiger partial charge on any atom is 0.231 e. The molecule has 2 aromatic carbocycles. The first-order chi connectivity index (χ1) is 13.2. The third-order valence-corrected chi connectivity index (χ3v) is 4.63. The Morgan fingerprint density at radius 3 is 2.70 bits per heavy atom. The molecule has 0 radical (unpaired) electrons. The van der Waals surface area contributed by atoms with Crippen molar-refractivity contribution in [3.8, 4) is 28.5 Å². The van der Waals surface area contributed by atoms with Gasteiger partial charge < -0.3 is 19.5 Å². The predicted octanol–water partition coefficient (Wildman–Crippen LogP) is 3.60. The van der Waals surface area contributed by atoms with E-state index in [0.717, 1.165) is 39.9 Å². The number of anilines is 2. The number of ether oxygens (including phenoxy) is 2. The van der Waals surface area contributed by atoms with Gasteiger partial charge in [-0.3, -0.25) is 4.40 Å². The van der Waals surface area contributed by atoms with Gasteiger partial charge in [0.15, 0.2) is 23.0 Å². The van der Waals surface area contributed by atoms with Gasteiger partial charge in [-0.2, -0.15) is 0 Å². The molecule has 4 aromatic rings. The van der Waals surface area contributed by atoms with Crippen molar-refractivity contribution in [2.24, 2.45) is 0 Å². The molecule has 0 aliphatic carbocycles. The minimum Gasteiger partial charge on any atom is -0.508 e. The lowest BCUT2D eigenvalue weighted by Gasteiger charge is -2.19. The van der Waals surface area contributed by atoms with Crippen molar-refractivity contribution in [1.29, 1.82) is 0 Å². The second-order valence-electron chi connectivity index (χ2n) is 6.23. The zero-order valence-corrected chi connectivity index (χ0v) is 14.5. The summed E-state index contributed by atoms with van der Waals surface area (Å²) in [5.41, 5.74) is 3.55. The second-order valence-corrected chi connectivity index (χ2v) is 6.23. The first kappa shape index (κ1) is 15.5. The standard InChI is InChI=1S/C20H16N4O3/c1-23(14-4-7-17-18(10-14)27-12-26-17)19-20-22-11-16(24(20)9-8-21-19)13-2-5-15(25)6-3-13/h2-11,25H,12H2,1H3. The lowest BCUT2D eigenvalue weighted by molar-refractivity contribution is 0.174. The summed E-state index contributed by atoms with van der Waals surface area (Å²) in [6, 6.07) is 12.8. The molecule has 5 rings (SSSR count). The Kier molecular flexibility index (Phi) is 3.39. The average molecular weight is 360 g/mol. The normalized spacial score (nSPS) is 12.5. The van der Waals surface area contributed by atoms with Gasteiger partial charge in [0, 0.05) is 36.8 Å². The summed E-state index contributed by atoms with van der Waals surface area (Å²) >= 11 is 0. The van der Waals surface area contributed by atoms with E-state index in [2.05, 4.69) is 9.97 Å². The molecule has 0 saturated heterocycles. The molecule has 27 heavy (non-hydrogen) atoms. The number of aromatic nitrogens is 3. The van der Waals surface area contributed by atoms with Crippen molar-refractivity contribution >= 4 is 17.2 Å². The smallest absolute Gasteiger partial charge is 0.231 e. The van der Waals surface area contributed by atoms with E-state index in [-0.39, 0.29) is 12.5 Å². The van der Waals surface area contributed by atoms with Crippen molar-refractivity contribution in [2.75, 3.05) is 18.7 Å². The summed E-state index contributed by atoms with van der Waals surface area (Å²) in [6.45, 7) is 0.243. The molecule has 0 amide bonds. The first-order valence-corrected chi connectivity index (χ1v) is 8.45. The summed E-state index contributed by atoms with van der Waals surface area (Å²) in [5, 5.41) is 9.52. The fraction of sp³-hybridized carbons (Fsp3) is 0.100. The maximum absolute atomic E-state index is 9.52. The number of imidazole rings is 1. The Hall–Kier alpha value is -3.74. The number of hydrogen-bond donors (Lipinski definition) is 1. The number of benzene rings is 2. The van der Waals surface area contributed by atoms with Crippen LogP contribution in [0.4, 0.5) is 11.5 Å². The molecular formula is C20H16N4O3. The molecule has 0 fully saturated rings. The molecule has 7 heteroatoms. The fourth-order valence-corrected chi connectivity index (χ4v) is 3.20. The van der Waals surface area contributed by atoms with E-state index in [1.807, 2.05) is 52.9 Å². The second kappa shape index (κ2) is 5.91. The lowest BCUT2D eigenvalue weighted by atomic mass is 10.1. The summed E-state index contributed by atoms with van der Waals surface area (Å²) in [5.74, 6) is 2.42. The number of phenols is 1. The molecular weight excluding hydrogens is 344 g/mol. The molecule has 134 valence electrons. The lowest BCUT2D eigenvalue weighted by Crippen LogP contribution is -2.12. The van der Waals surface area contributed by atoms with Crippen LogP contribution in [0.25, 0.3) is 16.9 Å². The highest BCUT2D eigenvalue weighted by Gasteiger charge is 2.18. The number of aromatic hydroxyl groups is 1. The van der Waals surface area contributed by atoms with Crippen LogP contribution < -0.4 is 14.4 Å².